The third-order valence-electron chi connectivity index (χ3n) is 5.68. The highest BCUT2D eigenvalue weighted by Gasteiger charge is 2.33. The lowest BCUT2D eigenvalue weighted by Gasteiger charge is -2.16. The molecule has 0 saturated carbocycles. The number of amides is 1. The lowest BCUT2D eigenvalue weighted by atomic mass is 10.2. The Bertz CT molecular complexity index is 1210. The number of nitrogens with one attached hydrogen (secondary N) is 2. The monoisotopic (exact) mass is 500 g/mol. The van der Waals surface area contributed by atoms with Gasteiger partial charge in [0.1, 0.15) is 9.96 Å². The highest BCUT2D eigenvalue weighted by Crippen LogP contribution is 2.27. The Labute approximate surface area is 204 Å². The number of nitrogens with zero attached hydrogens (tertiary/aromatic N) is 2. The number of sulfonamides is 1. The van der Waals surface area contributed by atoms with Crippen LogP contribution in [0.2, 0.25) is 0 Å². The van der Waals surface area contributed by atoms with Crippen molar-refractivity contribution in [2.45, 2.75) is 29.6 Å². The first-order valence-corrected chi connectivity index (χ1v) is 13.4. The highest BCUT2D eigenvalue weighted by atomic mass is 32.2. The van der Waals surface area contributed by atoms with E-state index in [9.17, 15) is 13.2 Å². The maximum absolute atomic E-state index is 13.1. The van der Waals surface area contributed by atoms with Gasteiger partial charge in [-0.05, 0) is 48.9 Å². The van der Waals surface area contributed by atoms with Crippen molar-refractivity contribution in [2.75, 3.05) is 26.7 Å². The van der Waals surface area contributed by atoms with Gasteiger partial charge in [-0.15, -0.1) is 11.3 Å². The zero-order valence-corrected chi connectivity index (χ0v) is 20.6. The van der Waals surface area contributed by atoms with Gasteiger partial charge in [0.25, 0.3) is 15.9 Å². The van der Waals surface area contributed by atoms with Gasteiger partial charge >= 0.3 is 0 Å². The van der Waals surface area contributed by atoms with Crippen LogP contribution in [0.25, 0.3) is 0 Å². The SMILES string of the molecule is COc1cccc(C(=O)NCc2ccc(S(=O)(=O)N3CCC(NCCc4ccccn4)C3)s2)c1. The molecule has 2 aromatic heterocycles. The van der Waals surface area contributed by atoms with Crippen LogP contribution in [0.15, 0.2) is 65.0 Å². The van der Waals surface area contributed by atoms with E-state index < -0.39 is 10.0 Å². The highest BCUT2D eigenvalue weighted by molar-refractivity contribution is 7.91. The molecule has 1 amide bonds. The predicted octanol–water partition coefficient (Wildman–Crippen LogP) is 2.68. The van der Waals surface area contributed by atoms with Crippen LogP contribution in [0.3, 0.4) is 0 Å². The molecule has 3 aromatic rings. The molecule has 8 nitrogen and oxygen atoms in total. The predicted molar refractivity (Wildman–Crippen MR) is 132 cm³/mol. The van der Waals surface area contributed by atoms with E-state index in [-0.39, 0.29) is 18.5 Å². The third kappa shape index (κ3) is 6.01. The Hall–Kier alpha value is -2.79. The van der Waals surface area contributed by atoms with Crippen LogP contribution in [0.5, 0.6) is 5.75 Å². The number of ether oxygens (including phenoxy) is 1. The number of hydrogen-bond acceptors (Lipinski definition) is 7. The molecule has 1 unspecified atom stereocenters. The number of carbonyl (C=O) groups is 1. The maximum atomic E-state index is 13.1. The van der Waals surface area contributed by atoms with Gasteiger partial charge in [-0.3, -0.25) is 9.78 Å². The van der Waals surface area contributed by atoms with E-state index in [2.05, 4.69) is 15.6 Å². The summed E-state index contributed by atoms with van der Waals surface area (Å²) in [6.07, 6.45) is 3.36. The number of thiophene rings is 1. The minimum Gasteiger partial charge on any atom is -0.497 e. The van der Waals surface area contributed by atoms with Crippen LogP contribution in [0.4, 0.5) is 0 Å². The van der Waals surface area contributed by atoms with E-state index in [1.807, 2.05) is 18.2 Å². The van der Waals surface area contributed by atoms with Gasteiger partial charge in [0, 0.05) is 54.4 Å². The maximum Gasteiger partial charge on any atom is 0.252 e. The molecular formula is C24H28N4O4S2. The zero-order chi connectivity index (χ0) is 24.0. The molecule has 0 radical (unpaired) electrons. The van der Waals surface area contributed by atoms with Gasteiger partial charge in [-0.25, -0.2) is 8.42 Å². The number of carbonyl (C=O) groups excluding carboxylic acids is 1. The lowest BCUT2D eigenvalue weighted by molar-refractivity contribution is 0.0951. The van der Waals surface area contributed by atoms with Crippen molar-refractivity contribution in [2.24, 2.45) is 0 Å². The second-order valence-corrected chi connectivity index (χ2v) is 11.3. The van der Waals surface area contributed by atoms with Crippen molar-refractivity contribution < 1.29 is 17.9 Å². The molecule has 0 aliphatic carbocycles. The molecule has 1 aliphatic rings. The summed E-state index contributed by atoms with van der Waals surface area (Å²) in [5.74, 6) is 0.364. The molecule has 1 aromatic carbocycles. The van der Waals surface area contributed by atoms with Crippen LogP contribution >= 0.6 is 11.3 Å². The first kappa shape index (κ1) is 24.3. The fourth-order valence-electron chi connectivity index (χ4n) is 3.82. The molecule has 3 heterocycles. The Kier molecular flexibility index (Phi) is 7.94. The van der Waals surface area contributed by atoms with Crippen molar-refractivity contribution in [1.29, 1.82) is 0 Å². The third-order valence-corrected chi connectivity index (χ3v) is 9.10. The summed E-state index contributed by atoms with van der Waals surface area (Å²) in [4.78, 5) is 17.5. The lowest BCUT2D eigenvalue weighted by Crippen LogP contribution is -2.35. The molecule has 4 rings (SSSR count). The van der Waals surface area contributed by atoms with Gasteiger partial charge in [0.15, 0.2) is 0 Å². The van der Waals surface area contributed by atoms with E-state index in [0.29, 0.717) is 28.6 Å². The summed E-state index contributed by atoms with van der Waals surface area (Å²) in [5, 5.41) is 6.28. The zero-order valence-electron chi connectivity index (χ0n) is 18.9. The molecule has 0 bridgehead atoms. The minimum atomic E-state index is -3.56. The van der Waals surface area contributed by atoms with E-state index in [1.54, 1.807) is 49.7 Å². The number of pyridine rings is 1. The molecule has 1 atom stereocenters. The Morgan fingerprint density at radius 2 is 2.09 bits per heavy atom. The smallest absolute Gasteiger partial charge is 0.252 e. The normalized spacial score (nSPS) is 16.4. The van der Waals surface area contributed by atoms with Gasteiger partial charge in [-0.2, -0.15) is 4.31 Å². The van der Waals surface area contributed by atoms with Gasteiger partial charge < -0.3 is 15.4 Å². The Balaban J connectivity index is 1.28. The van der Waals surface area contributed by atoms with Crippen LogP contribution in [-0.2, 0) is 23.0 Å². The number of aromatic nitrogens is 1. The number of benzene rings is 1. The molecule has 1 fully saturated rings. The summed E-state index contributed by atoms with van der Waals surface area (Å²) in [6, 6.07) is 16.2. The van der Waals surface area contributed by atoms with E-state index in [1.165, 1.54) is 15.6 Å². The summed E-state index contributed by atoms with van der Waals surface area (Å²) in [5.41, 5.74) is 1.50. The van der Waals surface area contributed by atoms with E-state index in [4.69, 9.17) is 4.74 Å². The van der Waals surface area contributed by atoms with Crippen molar-refractivity contribution >= 4 is 27.3 Å². The standard InChI is InChI=1S/C24H28N4O4S2/c1-32-21-7-4-5-18(15-21)24(29)27-16-22-8-9-23(33-22)34(30,31)28-14-11-20(17-28)26-13-10-19-6-2-3-12-25-19/h2-9,12,15,20,26H,10-11,13-14,16-17H2,1H3,(H,27,29). The summed E-state index contributed by atoms with van der Waals surface area (Å²) in [6.45, 7) is 1.95. The van der Waals surface area contributed by atoms with Crippen molar-refractivity contribution in [3.05, 3.63) is 76.9 Å². The average Bonchev–Trinajstić information content (AvgIpc) is 3.54. The first-order chi connectivity index (χ1) is 16.5. The van der Waals surface area contributed by atoms with Crippen LogP contribution in [0.1, 0.15) is 27.3 Å². The summed E-state index contributed by atoms with van der Waals surface area (Å²) >= 11 is 1.19. The molecule has 2 N–H and O–H groups in total. The number of hydrogen-bond donors (Lipinski definition) is 2. The van der Waals surface area contributed by atoms with E-state index in [0.717, 1.165) is 30.0 Å². The largest absolute Gasteiger partial charge is 0.497 e. The van der Waals surface area contributed by atoms with Gasteiger partial charge in [0.2, 0.25) is 0 Å². The molecule has 34 heavy (non-hydrogen) atoms. The Morgan fingerprint density at radius 3 is 2.88 bits per heavy atom. The second-order valence-electron chi connectivity index (χ2n) is 8.01. The summed E-state index contributed by atoms with van der Waals surface area (Å²) < 4.78 is 33.2. The molecule has 0 spiro atoms. The molecule has 1 saturated heterocycles. The van der Waals surface area contributed by atoms with Crippen LogP contribution in [-0.4, -0.2) is 56.4 Å². The van der Waals surface area contributed by atoms with Crippen molar-refractivity contribution in [1.82, 2.24) is 19.9 Å². The molecular weight excluding hydrogens is 472 g/mol. The summed E-state index contributed by atoms with van der Waals surface area (Å²) in [7, 11) is -2.01. The fourth-order valence-corrected chi connectivity index (χ4v) is 6.77. The topological polar surface area (TPSA) is 101 Å². The Morgan fingerprint density at radius 1 is 1.21 bits per heavy atom. The molecule has 180 valence electrons. The van der Waals surface area contributed by atoms with Gasteiger partial charge in [-0.1, -0.05) is 12.1 Å². The number of methoxy groups -OCH3 is 1. The molecule has 1 aliphatic heterocycles. The number of rotatable bonds is 10. The first-order valence-electron chi connectivity index (χ1n) is 11.1. The average molecular weight is 501 g/mol. The van der Waals surface area contributed by atoms with Crippen molar-refractivity contribution in [3.63, 3.8) is 0 Å². The second kappa shape index (κ2) is 11.1. The molecule has 10 heteroatoms. The quantitative estimate of drug-likeness (QED) is 0.444. The van der Waals surface area contributed by atoms with Gasteiger partial charge in [0.05, 0.1) is 13.7 Å². The van der Waals surface area contributed by atoms with Crippen LogP contribution < -0.4 is 15.4 Å². The van der Waals surface area contributed by atoms with Crippen LogP contribution in [0, 0.1) is 0 Å². The van der Waals surface area contributed by atoms with E-state index >= 15 is 0 Å². The fraction of sp³-hybridized carbons (Fsp3) is 0.333. The minimum absolute atomic E-state index is 0.125. The van der Waals surface area contributed by atoms with Crippen molar-refractivity contribution in [3.8, 4) is 5.75 Å².